The number of anilines is 2. The summed E-state index contributed by atoms with van der Waals surface area (Å²) in [5.74, 6) is -4.44. The van der Waals surface area contributed by atoms with Gasteiger partial charge in [0.25, 0.3) is 0 Å². The van der Waals surface area contributed by atoms with Crippen molar-refractivity contribution in [2.75, 3.05) is 10.6 Å². The number of hydrogen-bond donors (Lipinski definition) is 2. The van der Waals surface area contributed by atoms with Crippen LogP contribution >= 0.6 is 0 Å². The average Bonchev–Trinajstić information content (AvgIpc) is 2.44. The third kappa shape index (κ3) is 3.10. The van der Waals surface area contributed by atoms with E-state index in [1.54, 1.807) is 0 Å². The molecule has 6 nitrogen and oxygen atoms in total. The summed E-state index contributed by atoms with van der Waals surface area (Å²) in [6.07, 6.45) is 2.72. The molecular formula is C12H8F2N4O2. The molecule has 20 heavy (non-hydrogen) atoms. The Balaban J connectivity index is 2.07. The van der Waals surface area contributed by atoms with Gasteiger partial charge in [-0.15, -0.1) is 0 Å². The van der Waals surface area contributed by atoms with Crippen molar-refractivity contribution in [1.29, 1.82) is 0 Å². The molecule has 0 fully saturated rings. The minimum absolute atomic E-state index is 0.0957. The molecule has 0 radical (unpaired) electrons. The molecule has 2 aromatic rings. The Kier molecular flexibility index (Phi) is 3.94. The highest BCUT2D eigenvalue weighted by atomic mass is 19.1. The predicted molar refractivity (Wildman–Crippen MR) is 65.6 cm³/mol. The Morgan fingerprint density at radius 2 is 1.45 bits per heavy atom. The van der Waals surface area contributed by atoms with E-state index in [2.05, 4.69) is 15.3 Å². The number of rotatable bonds is 2. The molecule has 2 N–H and O–H groups in total. The van der Waals surface area contributed by atoms with Crippen LogP contribution in [0.3, 0.4) is 0 Å². The molecule has 1 aromatic carbocycles. The lowest BCUT2D eigenvalue weighted by molar-refractivity contribution is -0.133. The van der Waals surface area contributed by atoms with E-state index >= 15 is 0 Å². The predicted octanol–water partition coefficient (Wildman–Crippen LogP) is 1.33. The number of nitrogens with one attached hydrogen (secondary N) is 2. The number of carbonyl (C=O) groups excluding carboxylic acids is 2. The SMILES string of the molecule is O=C(Nc1ncccn1)C(=O)Nc1c(F)cccc1F. The molecule has 0 aliphatic carbocycles. The summed E-state index contributed by atoms with van der Waals surface area (Å²) in [7, 11) is 0. The van der Waals surface area contributed by atoms with E-state index in [1.807, 2.05) is 5.32 Å². The Labute approximate surface area is 111 Å². The minimum Gasteiger partial charge on any atom is -0.313 e. The lowest BCUT2D eigenvalue weighted by Crippen LogP contribution is -2.30. The van der Waals surface area contributed by atoms with Gasteiger partial charge < -0.3 is 5.32 Å². The first-order chi connectivity index (χ1) is 9.58. The highest BCUT2D eigenvalue weighted by Gasteiger charge is 2.18. The number of nitrogens with zero attached hydrogens (tertiary/aromatic N) is 2. The maximum atomic E-state index is 13.3. The van der Waals surface area contributed by atoms with E-state index in [4.69, 9.17) is 0 Å². The molecule has 0 saturated carbocycles. The average molecular weight is 278 g/mol. The van der Waals surface area contributed by atoms with E-state index in [0.717, 1.165) is 18.2 Å². The van der Waals surface area contributed by atoms with Gasteiger partial charge >= 0.3 is 11.8 Å². The highest BCUT2D eigenvalue weighted by molar-refractivity contribution is 6.43. The van der Waals surface area contributed by atoms with Gasteiger partial charge in [-0.05, 0) is 18.2 Å². The van der Waals surface area contributed by atoms with Crippen molar-refractivity contribution >= 4 is 23.5 Å². The van der Waals surface area contributed by atoms with Gasteiger partial charge in [0.2, 0.25) is 5.95 Å². The summed E-state index contributed by atoms with van der Waals surface area (Å²) < 4.78 is 26.6. The van der Waals surface area contributed by atoms with Crippen molar-refractivity contribution in [2.24, 2.45) is 0 Å². The molecule has 0 saturated heterocycles. The quantitative estimate of drug-likeness (QED) is 0.812. The number of benzene rings is 1. The first kappa shape index (κ1) is 13.5. The van der Waals surface area contributed by atoms with Crippen LogP contribution in [-0.2, 0) is 9.59 Å². The fourth-order valence-corrected chi connectivity index (χ4v) is 1.31. The van der Waals surface area contributed by atoms with Crippen LogP contribution in [0.2, 0.25) is 0 Å². The molecule has 8 heteroatoms. The zero-order valence-electron chi connectivity index (χ0n) is 9.93. The molecule has 1 aromatic heterocycles. The fraction of sp³-hybridized carbons (Fsp3) is 0. The monoisotopic (exact) mass is 278 g/mol. The summed E-state index contributed by atoms with van der Waals surface area (Å²) >= 11 is 0. The maximum absolute atomic E-state index is 13.3. The number of halogens is 2. The van der Waals surface area contributed by atoms with Crippen molar-refractivity contribution in [1.82, 2.24) is 9.97 Å². The van der Waals surface area contributed by atoms with Crippen molar-refractivity contribution < 1.29 is 18.4 Å². The van der Waals surface area contributed by atoms with Gasteiger partial charge in [-0.1, -0.05) is 6.07 Å². The second kappa shape index (κ2) is 5.83. The lowest BCUT2D eigenvalue weighted by atomic mass is 10.3. The normalized spacial score (nSPS) is 9.90. The van der Waals surface area contributed by atoms with Gasteiger partial charge in [-0.3, -0.25) is 14.9 Å². The van der Waals surface area contributed by atoms with Crippen LogP contribution in [0.1, 0.15) is 0 Å². The first-order valence-electron chi connectivity index (χ1n) is 5.41. The Bertz CT molecular complexity index is 629. The second-order valence-electron chi connectivity index (χ2n) is 3.58. The molecule has 2 amide bonds. The second-order valence-corrected chi connectivity index (χ2v) is 3.58. The van der Waals surface area contributed by atoms with Crippen LogP contribution in [0.25, 0.3) is 0 Å². The number of hydrogen-bond acceptors (Lipinski definition) is 4. The molecule has 102 valence electrons. The lowest BCUT2D eigenvalue weighted by Gasteiger charge is -2.07. The molecule has 0 bridgehead atoms. The Morgan fingerprint density at radius 1 is 0.900 bits per heavy atom. The largest absolute Gasteiger partial charge is 0.316 e. The molecule has 0 aliphatic rings. The molecule has 0 aliphatic heterocycles. The van der Waals surface area contributed by atoms with E-state index in [1.165, 1.54) is 18.5 Å². The van der Waals surface area contributed by atoms with Crippen molar-refractivity contribution in [3.63, 3.8) is 0 Å². The van der Waals surface area contributed by atoms with Gasteiger partial charge in [0.05, 0.1) is 0 Å². The first-order valence-corrected chi connectivity index (χ1v) is 5.41. The van der Waals surface area contributed by atoms with E-state index in [9.17, 15) is 18.4 Å². The van der Waals surface area contributed by atoms with Crippen LogP contribution in [0.4, 0.5) is 20.4 Å². The third-order valence-corrected chi connectivity index (χ3v) is 2.20. The summed E-state index contributed by atoms with van der Waals surface area (Å²) in [6, 6.07) is 4.57. The van der Waals surface area contributed by atoms with Crippen molar-refractivity contribution in [3.05, 3.63) is 48.3 Å². The smallest absolute Gasteiger partial charge is 0.313 e. The molecule has 0 unspecified atom stereocenters. The summed E-state index contributed by atoms with van der Waals surface area (Å²) in [4.78, 5) is 30.3. The molecule has 1 heterocycles. The number of amides is 2. The van der Waals surface area contributed by atoms with Crippen LogP contribution in [0.15, 0.2) is 36.7 Å². The zero-order chi connectivity index (χ0) is 14.5. The van der Waals surface area contributed by atoms with Gasteiger partial charge in [-0.2, -0.15) is 0 Å². The van der Waals surface area contributed by atoms with Gasteiger partial charge in [-0.25, -0.2) is 18.7 Å². The maximum Gasteiger partial charge on any atom is 0.316 e. The Hall–Kier alpha value is -2.90. The molecular weight excluding hydrogens is 270 g/mol. The van der Waals surface area contributed by atoms with E-state index in [-0.39, 0.29) is 5.95 Å². The fourth-order valence-electron chi connectivity index (χ4n) is 1.31. The van der Waals surface area contributed by atoms with E-state index < -0.39 is 29.1 Å². The number of carbonyl (C=O) groups is 2. The standard InChI is InChI=1S/C12H8F2N4O2/c13-7-3-1-4-8(14)9(7)17-10(19)11(20)18-12-15-5-2-6-16-12/h1-6H,(H,17,19)(H,15,16,18,20). The zero-order valence-corrected chi connectivity index (χ0v) is 9.93. The third-order valence-electron chi connectivity index (χ3n) is 2.20. The van der Waals surface area contributed by atoms with E-state index in [0.29, 0.717) is 0 Å². The topological polar surface area (TPSA) is 84.0 Å². The highest BCUT2D eigenvalue weighted by Crippen LogP contribution is 2.17. The molecule has 2 rings (SSSR count). The Morgan fingerprint density at radius 3 is 2.05 bits per heavy atom. The minimum atomic E-state index is -1.23. The van der Waals surface area contributed by atoms with Crippen LogP contribution in [0.5, 0.6) is 0 Å². The number of para-hydroxylation sites is 1. The van der Waals surface area contributed by atoms with Gasteiger partial charge in [0.15, 0.2) is 0 Å². The van der Waals surface area contributed by atoms with Crippen LogP contribution in [0, 0.1) is 11.6 Å². The van der Waals surface area contributed by atoms with Crippen LogP contribution < -0.4 is 10.6 Å². The summed E-state index contributed by atoms with van der Waals surface area (Å²) in [5, 5.41) is 3.92. The van der Waals surface area contributed by atoms with Crippen molar-refractivity contribution in [3.8, 4) is 0 Å². The molecule has 0 atom stereocenters. The van der Waals surface area contributed by atoms with Gasteiger partial charge in [0, 0.05) is 12.4 Å². The summed E-state index contributed by atoms with van der Waals surface area (Å²) in [6.45, 7) is 0. The number of aromatic nitrogens is 2. The van der Waals surface area contributed by atoms with Crippen LogP contribution in [-0.4, -0.2) is 21.8 Å². The summed E-state index contributed by atoms with van der Waals surface area (Å²) in [5.41, 5.74) is -0.693. The molecule has 0 spiro atoms. The van der Waals surface area contributed by atoms with Crippen molar-refractivity contribution in [2.45, 2.75) is 0 Å². The van der Waals surface area contributed by atoms with Gasteiger partial charge in [0.1, 0.15) is 17.3 Å².